The smallest absolute Gasteiger partial charge is 0.271 e. The van der Waals surface area contributed by atoms with Crippen molar-refractivity contribution in [1.29, 1.82) is 0 Å². The first-order valence-corrected chi connectivity index (χ1v) is 7.33. The quantitative estimate of drug-likeness (QED) is 0.594. The van der Waals surface area contributed by atoms with Gasteiger partial charge in [-0.1, -0.05) is 6.42 Å². The van der Waals surface area contributed by atoms with Crippen molar-refractivity contribution < 1.29 is 21.6 Å². The van der Waals surface area contributed by atoms with Gasteiger partial charge in [0.25, 0.3) is 0 Å². The molecule has 0 aromatic rings. The van der Waals surface area contributed by atoms with Gasteiger partial charge in [0.15, 0.2) is 0 Å². The van der Waals surface area contributed by atoms with Crippen LogP contribution in [0.25, 0.3) is 0 Å². The summed E-state index contributed by atoms with van der Waals surface area (Å²) in [6, 6.07) is -1.83. The molecule has 0 saturated heterocycles. The van der Waals surface area contributed by atoms with Crippen LogP contribution in [0.5, 0.6) is 0 Å². The van der Waals surface area contributed by atoms with Crippen molar-refractivity contribution in [2.24, 2.45) is 11.8 Å². The second-order valence-electron chi connectivity index (χ2n) is 4.56. The van der Waals surface area contributed by atoms with Crippen LogP contribution in [0.4, 0.5) is 13.2 Å². The van der Waals surface area contributed by atoms with Gasteiger partial charge in [0.05, 0.1) is 5.25 Å². The van der Waals surface area contributed by atoms with Crippen LogP contribution in [-0.2, 0) is 9.84 Å². The molecule has 4 nitrogen and oxygen atoms in total. The minimum absolute atomic E-state index is 0.0210. The summed E-state index contributed by atoms with van der Waals surface area (Å²) in [5, 5.41) is -0.681. The summed E-state index contributed by atoms with van der Waals surface area (Å²) < 4.78 is 60.6. The molecule has 0 heterocycles. The summed E-state index contributed by atoms with van der Waals surface area (Å²) in [4.78, 5) is 0. The van der Waals surface area contributed by atoms with Gasteiger partial charge in [-0.15, -0.1) is 0 Å². The fourth-order valence-corrected chi connectivity index (χ4v) is 3.56. The van der Waals surface area contributed by atoms with Gasteiger partial charge in [-0.05, 0) is 25.2 Å². The Morgan fingerprint density at radius 3 is 2.35 bits per heavy atom. The van der Waals surface area contributed by atoms with E-state index in [1.54, 1.807) is 5.43 Å². The molecule has 1 fully saturated rings. The molecule has 1 aliphatic carbocycles. The number of nitrogens with one attached hydrogen (secondary N) is 1. The fourth-order valence-electron chi connectivity index (χ4n) is 2.37. The molecule has 0 spiro atoms. The van der Waals surface area contributed by atoms with Crippen molar-refractivity contribution in [2.75, 3.05) is 6.26 Å². The highest BCUT2D eigenvalue weighted by Crippen LogP contribution is 2.36. The van der Waals surface area contributed by atoms with Crippen LogP contribution >= 0.6 is 0 Å². The number of sulfone groups is 1. The molecule has 0 radical (unpaired) electrons. The van der Waals surface area contributed by atoms with Gasteiger partial charge in [-0.3, -0.25) is 5.84 Å². The molecule has 0 amide bonds. The van der Waals surface area contributed by atoms with Gasteiger partial charge in [0.2, 0.25) is 0 Å². The molecule has 0 aliphatic heterocycles. The third-order valence-corrected chi connectivity index (χ3v) is 4.91. The van der Waals surface area contributed by atoms with E-state index in [1.807, 2.05) is 0 Å². The Kier molecular flexibility index (Phi) is 4.43. The molecule has 0 bridgehead atoms. The van der Waals surface area contributed by atoms with E-state index in [0.717, 1.165) is 6.26 Å². The lowest BCUT2D eigenvalue weighted by Gasteiger charge is -2.34. The summed E-state index contributed by atoms with van der Waals surface area (Å²) in [5.41, 5.74) is 1.76. The van der Waals surface area contributed by atoms with Gasteiger partial charge in [0, 0.05) is 6.26 Å². The average Bonchev–Trinajstić information content (AvgIpc) is 2.15. The van der Waals surface area contributed by atoms with Crippen molar-refractivity contribution >= 4 is 9.84 Å². The molecular formula is C9H17F3N2O2S. The minimum Gasteiger partial charge on any atom is -0.271 e. The molecule has 17 heavy (non-hydrogen) atoms. The van der Waals surface area contributed by atoms with Crippen LogP contribution in [0.2, 0.25) is 0 Å². The predicted octanol–water partition coefficient (Wildman–Crippen LogP) is 0.984. The van der Waals surface area contributed by atoms with Crippen LogP contribution in [-0.4, -0.2) is 32.1 Å². The number of hydrazine groups is 1. The molecule has 3 unspecified atom stereocenters. The zero-order chi connectivity index (χ0) is 13.3. The van der Waals surface area contributed by atoms with E-state index in [2.05, 4.69) is 0 Å². The first kappa shape index (κ1) is 14.7. The van der Waals surface area contributed by atoms with Gasteiger partial charge in [0.1, 0.15) is 15.9 Å². The summed E-state index contributed by atoms with van der Waals surface area (Å²) >= 11 is 0. The Labute approximate surface area is 98.6 Å². The molecule has 1 saturated carbocycles. The minimum atomic E-state index is -4.45. The highest BCUT2D eigenvalue weighted by Gasteiger charge is 2.46. The number of nitrogens with two attached hydrogens (primary N) is 1. The van der Waals surface area contributed by atoms with Gasteiger partial charge >= 0.3 is 6.18 Å². The molecule has 3 N–H and O–H groups in total. The number of halogens is 3. The average molecular weight is 274 g/mol. The Morgan fingerprint density at radius 1 is 1.35 bits per heavy atom. The summed E-state index contributed by atoms with van der Waals surface area (Å²) in [5.74, 6) is 4.15. The van der Waals surface area contributed by atoms with Gasteiger partial charge in [-0.2, -0.15) is 13.2 Å². The van der Waals surface area contributed by atoms with E-state index in [-0.39, 0.29) is 6.42 Å². The highest BCUT2D eigenvalue weighted by atomic mass is 32.2. The summed E-state index contributed by atoms with van der Waals surface area (Å²) in [6.07, 6.45) is -2.09. The van der Waals surface area contributed by atoms with Crippen LogP contribution in [0.15, 0.2) is 0 Å². The molecule has 102 valence electrons. The van der Waals surface area contributed by atoms with Gasteiger partial charge < -0.3 is 0 Å². The van der Waals surface area contributed by atoms with E-state index in [1.165, 1.54) is 0 Å². The number of alkyl halides is 3. The third-order valence-electron chi connectivity index (χ3n) is 3.28. The van der Waals surface area contributed by atoms with Crippen molar-refractivity contribution in [2.45, 2.75) is 43.2 Å². The summed E-state index contributed by atoms with van der Waals surface area (Å²) in [6.45, 7) is 0. The van der Waals surface area contributed by atoms with Crippen LogP contribution in [0, 0.1) is 5.92 Å². The van der Waals surface area contributed by atoms with Crippen molar-refractivity contribution in [1.82, 2.24) is 5.43 Å². The second-order valence-corrected chi connectivity index (χ2v) is 6.89. The number of hydrogen-bond donors (Lipinski definition) is 2. The van der Waals surface area contributed by atoms with E-state index in [9.17, 15) is 21.6 Å². The Hall–Kier alpha value is -0.340. The monoisotopic (exact) mass is 274 g/mol. The van der Waals surface area contributed by atoms with Crippen molar-refractivity contribution in [3.8, 4) is 0 Å². The Balaban J connectivity index is 2.79. The standard InChI is InChI=1S/C9H17F3N2O2S/c1-17(15,16)7-4-2-3-6(5-7)8(14-13)9(10,11)12/h6-8,14H,2-5,13H2,1H3. The predicted molar refractivity (Wildman–Crippen MR) is 57.8 cm³/mol. The van der Waals surface area contributed by atoms with Crippen LogP contribution in [0.1, 0.15) is 25.7 Å². The lowest BCUT2D eigenvalue weighted by atomic mass is 9.83. The van der Waals surface area contributed by atoms with E-state index in [0.29, 0.717) is 19.3 Å². The number of hydrogen-bond acceptors (Lipinski definition) is 4. The first-order chi connectivity index (χ1) is 7.66. The molecular weight excluding hydrogens is 257 g/mol. The maximum absolute atomic E-state index is 12.6. The van der Waals surface area contributed by atoms with E-state index < -0.39 is 33.2 Å². The fraction of sp³-hybridized carbons (Fsp3) is 1.00. The third kappa shape index (κ3) is 3.82. The SMILES string of the molecule is CS(=O)(=O)C1CCCC(C(NN)C(F)(F)F)C1. The maximum Gasteiger partial charge on any atom is 0.405 e. The van der Waals surface area contributed by atoms with Crippen molar-refractivity contribution in [3.05, 3.63) is 0 Å². The molecule has 8 heteroatoms. The number of rotatable bonds is 3. The Bertz CT molecular complexity index is 356. The lowest BCUT2D eigenvalue weighted by molar-refractivity contribution is -0.170. The molecule has 1 aliphatic rings. The van der Waals surface area contributed by atoms with E-state index >= 15 is 0 Å². The molecule has 0 aromatic heterocycles. The highest BCUT2D eigenvalue weighted by molar-refractivity contribution is 7.91. The van der Waals surface area contributed by atoms with E-state index in [4.69, 9.17) is 5.84 Å². The zero-order valence-corrected chi connectivity index (χ0v) is 10.3. The normalized spacial score (nSPS) is 29.0. The zero-order valence-electron chi connectivity index (χ0n) is 9.50. The topological polar surface area (TPSA) is 72.2 Å². The van der Waals surface area contributed by atoms with Gasteiger partial charge in [-0.25, -0.2) is 13.8 Å². The van der Waals surface area contributed by atoms with Crippen LogP contribution in [0.3, 0.4) is 0 Å². The summed E-state index contributed by atoms with van der Waals surface area (Å²) in [7, 11) is -3.28. The van der Waals surface area contributed by atoms with Crippen LogP contribution < -0.4 is 11.3 Å². The molecule has 3 atom stereocenters. The van der Waals surface area contributed by atoms with Crippen molar-refractivity contribution in [3.63, 3.8) is 0 Å². The molecule has 1 rings (SSSR count). The largest absolute Gasteiger partial charge is 0.405 e. The Morgan fingerprint density at radius 2 is 1.94 bits per heavy atom. The first-order valence-electron chi connectivity index (χ1n) is 5.38. The maximum atomic E-state index is 12.6. The second kappa shape index (κ2) is 5.11. The molecule has 0 aromatic carbocycles. The lowest BCUT2D eigenvalue weighted by Crippen LogP contribution is -2.52.